The van der Waals surface area contributed by atoms with E-state index in [2.05, 4.69) is 6.92 Å². The van der Waals surface area contributed by atoms with Crippen molar-refractivity contribution in [2.24, 2.45) is 11.8 Å². The molecule has 0 unspecified atom stereocenters. The van der Waals surface area contributed by atoms with Gasteiger partial charge in [-0.2, -0.15) is 0 Å². The van der Waals surface area contributed by atoms with Crippen LogP contribution in [0.5, 0.6) is 0 Å². The Morgan fingerprint density at radius 1 is 1.06 bits per heavy atom. The molecule has 0 aromatic heterocycles. The molecule has 0 atom stereocenters. The van der Waals surface area contributed by atoms with Crippen LogP contribution in [0.2, 0.25) is 0 Å². The molecule has 4 heteroatoms. The maximum absolute atomic E-state index is 13.5. The smallest absolute Gasteiger partial charge is 0.171 e. The first kappa shape index (κ1) is 13.1. The first-order valence-electron chi connectivity index (χ1n) is 6.17. The Bertz CT molecular complexity index is 439. The van der Waals surface area contributed by atoms with E-state index in [1.165, 1.54) is 0 Å². The molecular formula is C14H15F3O. The average Bonchev–Trinajstić information content (AvgIpc) is 2.28. The molecule has 0 radical (unpaired) electrons. The largest absolute Gasteiger partial charge is 0.294 e. The SMILES string of the molecule is CC1CCC(C(=O)c2c(F)cc(F)cc2F)CC1. The van der Waals surface area contributed by atoms with Gasteiger partial charge in [0.2, 0.25) is 0 Å². The first-order chi connectivity index (χ1) is 8.49. The molecule has 0 heterocycles. The number of halogens is 3. The van der Waals surface area contributed by atoms with Gasteiger partial charge in [0.15, 0.2) is 5.78 Å². The molecule has 0 amide bonds. The number of carbonyl (C=O) groups excluding carboxylic acids is 1. The minimum Gasteiger partial charge on any atom is -0.294 e. The van der Waals surface area contributed by atoms with E-state index < -0.39 is 28.8 Å². The molecule has 1 aromatic rings. The van der Waals surface area contributed by atoms with Gasteiger partial charge in [-0.05, 0) is 18.8 Å². The Balaban J connectivity index is 2.24. The third kappa shape index (κ3) is 2.57. The van der Waals surface area contributed by atoms with Crippen LogP contribution in [0.1, 0.15) is 43.0 Å². The summed E-state index contributed by atoms with van der Waals surface area (Å²) < 4.78 is 39.8. The fourth-order valence-electron chi connectivity index (χ4n) is 2.50. The summed E-state index contributed by atoms with van der Waals surface area (Å²) in [4.78, 5) is 12.1. The van der Waals surface area contributed by atoms with Gasteiger partial charge in [-0.15, -0.1) is 0 Å². The third-order valence-corrected chi connectivity index (χ3v) is 3.64. The van der Waals surface area contributed by atoms with Gasteiger partial charge in [0.1, 0.15) is 17.5 Å². The van der Waals surface area contributed by atoms with Gasteiger partial charge in [0, 0.05) is 18.1 Å². The summed E-state index contributed by atoms with van der Waals surface area (Å²) in [6.45, 7) is 2.10. The number of carbonyl (C=O) groups is 1. The molecule has 18 heavy (non-hydrogen) atoms. The second-order valence-corrected chi connectivity index (χ2v) is 5.07. The van der Waals surface area contributed by atoms with Crippen LogP contribution in [0.15, 0.2) is 12.1 Å². The fraction of sp³-hybridized carbons (Fsp3) is 0.500. The zero-order chi connectivity index (χ0) is 13.3. The topological polar surface area (TPSA) is 17.1 Å². The van der Waals surface area contributed by atoms with Crippen molar-refractivity contribution in [3.05, 3.63) is 35.1 Å². The van der Waals surface area contributed by atoms with Crippen molar-refractivity contribution < 1.29 is 18.0 Å². The minimum absolute atomic E-state index is 0.337. The number of Topliss-reactive ketones (excluding diaryl/α,β-unsaturated/α-hetero) is 1. The molecule has 0 saturated heterocycles. The van der Waals surface area contributed by atoms with Crippen LogP contribution in [0.3, 0.4) is 0 Å². The highest BCUT2D eigenvalue weighted by atomic mass is 19.1. The van der Waals surface area contributed by atoms with Crippen molar-refractivity contribution in [2.75, 3.05) is 0 Å². The highest BCUT2D eigenvalue weighted by molar-refractivity contribution is 5.98. The zero-order valence-corrected chi connectivity index (χ0v) is 10.2. The van der Waals surface area contributed by atoms with Crippen LogP contribution in [0, 0.1) is 29.3 Å². The van der Waals surface area contributed by atoms with E-state index in [9.17, 15) is 18.0 Å². The number of hydrogen-bond acceptors (Lipinski definition) is 1. The molecule has 0 spiro atoms. The van der Waals surface area contributed by atoms with Crippen molar-refractivity contribution in [2.45, 2.75) is 32.6 Å². The first-order valence-corrected chi connectivity index (χ1v) is 6.17. The summed E-state index contributed by atoms with van der Waals surface area (Å²) in [5.41, 5.74) is -0.587. The van der Waals surface area contributed by atoms with Crippen molar-refractivity contribution >= 4 is 5.78 Å². The van der Waals surface area contributed by atoms with Crippen LogP contribution in [0.25, 0.3) is 0 Å². The molecule has 1 nitrogen and oxygen atoms in total. The second kappa shape index (κ2) is 5.12. The Morgan fingerprint density at radius 3 is 2.06 bits per heavy atom. The lowest BCUT2D eigenvalue weighted by atomic mass is 9.79. The summed E-state index contributed by atoms with van der Waals surface area (Å²) in [6, 6.07) is 1.11. The van der Waals surface area contributed by atoms with Gasteiger partial charge in [-0.3, -0.25) is 4.79 Å². The summed E-state index contributed by atoms with van der Waals surface area (Å²) in [7, 11) is 0. The molecule has 2 rings (SSSR count). The fourth-order valence-corrected chi connectivity index (χ4v) is 2.50. The Hall–Kier alpha value is -1.32. The predicted molar refractivity (Wildman–Crippen MR) is 61.8 cm³/mol. The number of ketones is 1. The highest BCUT2D eigenvalue weighted by Gasteiger charge is 2.29. The minimum atomic E-state index is -1.10. The lowest BCUT2D eigenvalue weighted by Crippen LogP contribution is -2.23. The van der Waals surface area contributed by atoms with Crippen LogP contribution >= 0.6 is 0 Å². The summed E-state index contributed by atoms with van der Waals surface area (Å²) in [5.74, 6) is -3.52. The highest BCUT2D eigenvalue weighted by Crippen LogP contribution is 2.31. The van der Waals surface area contributed by atoms with Crippen LogP contribution in [-0.4, -0.2) is 5.78 Å². The van der Waals surface area contributed by atoms with Crippen molar-refractivity contribution in [1.29, 1.82) is 0 Å². The number of hydrogen-bond donors (Lipinski definition) is 0. The molecule has 98 valence electrons. The summed E-state index contributed by atoms with van der Waals surface area (Å²) in [6.07, 6.45) is 3.08. The molecule has 1 aliphatic rings. The quantitative estimate of drug-likeness (QED) is 0.728. The van der Waals surface area contributed by atoms with Crippen LogP contribution in [0.4, 0.5) is 13.2 Å². The number of rotatable bonds is 2. The van der Waals surface area contributed by atoms with Gasteiger partial charge >= 0.3 is 0 Å². The van der Waals surface area contributed by atoms with Gasteiger partial charge in [-0.1, -0.05) is 19.8 Å². The van der Waals surface area contributed by atoms with Crippen molar-refractivity contribution in [1.82, 2.24) is 0 Å². The molecule has 0 N–H and O–H groups in total. The summed E-state index contributed by atoms with van der Waals surface area (Å²) >= 11 is 0. The molecule has 1 saturated carbocycles. The maximum atomic E-state index is 13.5. The average molecular weight is 256 g/mol. The van der Waals surface area contributed by atoms with E-state index in [0.29, 0.717) is 30.9 Å². The van der Waals surface area contributed by atoms with E-state index in [0.717, 1.165) is 12.8 Å². The predicted octanol–water partition coefficient (Wildman–Crippen LogP) is 4.11. The normalized spacial score (nSPS) is 24.0. The van der Waals surface area contributed by atoms with Gasteiger partial charge in [0.05, 0.1) is 5.56 Å². The van der Waals surface area contributed by atoms with Gasteiger partial charge in [0.25, 0.3) is 0 Å². The van der Waals surface area contributed by atoms with Gasteiger partial charge < -0.3 is 0 Å². The van der Waals surface area contributed by atoms with Crippen molar-refractivity contribution in [3.8, 4) is 0 Å². The van der Waals surface area contributed by atoms with E-state index in [1.54, 1.807) is 0 Å². The third-order valence-electron chi connectivity index (χ3n) is 3.64. The van der Waals surface area contributed by atoms with E-state index in [1.807, 2.05) is 0 Å². The Kier molecular flexibility index (Phi) is 3.73. The van der Waals surface area contributed by atoms with Crippen LogP contribution < -0.4 is 0 Å². The second-order valence-electron chi connectivity index (χ2n) is 5.07. The lowest BCUT2D eigenvalue weighted by molar-refractivity contribution is 0.0866. The Labute approximate surface area is 104 Å². The molecule has 1 fully saturated rings. The van der Waals surface area contributed by atoms with Crippen molar-refractivity contribution in [3.63, 3.8) is 0 Å². The monoisotopic (exact) mass is 256 g/mol. The lowest BCUT2D eigenvalue weighted by Gasteiger charge is -2.25. The number of benzene rings is 1. The standard InChI is InChI=1S/C14H15F3O/c1-8-2-4-9(5-3-8)14(18)13-11(16)6-10(15)7-12(13)17/h6-9H,2-5H2,1H3. The summed E-state index contributed by atoms with van der Waals surface area (Å²) in [5, 5.41) is 0. The zero-order valence-electron chi connectivity index (χ0n) is 10.2. The molecule has 0 aliphatic heterocycles. The maximum Gasteiger partial charge on any atom is 0.171 e. The Morgan fingerprint density at radius 2 is 1.56 bits per heavy atom. The van der Waals surface area contributed by atoms with Gasteiger partial charge in [-0.25, -0.2) is 13.2 Å². The van der Waals surface area contributed by atoms with Crippen LogP contribution in [-0.2, 0) is 0 Å². The van der Waals surface area contributed by atoms with E-state index >= 15 is 0 Å². The molecule has 0 bridgehead atoms. The van der Waals surface area contributed by atoms with E-state index in [4.69, 9.17) is 0 Å². The molecular weight excluding hydrogens is 241 g/mol. The van der Waals surface area contributed by atoms with E-state index in [-0.39, 0.29) is 5.92 Å². The molecule has 1 aliphatic carbocycles. The molecule has 1 aromatic carbocycles.